The van der Waals surface area contributed by atoms with Crippen molar-refractivity contribution in [2.24, 2.45) is 0 Å². The van der Waals surface area contributed by atoms with Gasteiger partial charge in [0, 0.05) is 17.8 Å². The van der Waals surface area contributed by atoms with E-state index in [1.54, 1.807) is 23.7 Å². The number of amides is 1. The number of aromatic amines is 1. The molecule has 0 unspecified atom stereocenters. The van der Waals surface area contributed by atoms with E-state index in [2.05, 4.69) is 15.2 Å². The first-order chi connectivity index (χ1) is 9.65. The van der Waals surface area contributed by atoms with E-state index in [-0.39, 0.29) is 5.91 Å². The number of carbonyl (C=O) groups excluding carboxylic acids is 1. The Bertz CT molecular complexity index is 544. The van der Waals surface area contributed by atoms with Crippen molar-refractivity contribution in [1.29, 1.82) is 0 Å². The highest BCUT2D eigenvalue weighted by Crippen LogP contribution is 2.15. The normalized spacial score (nSPS) is 10.5. The van der Waals surface area contributed by atoms with Crippen LogP contribution in [0, 0.1) is 0 Å². The number of aromatic nitrogens is 3. The Morgan fingerprint density at radius 3 is 2.80 bits per heavy atom. The second kappa shape index (κ2) is 7.31. The van der Waals surface area contributed by atoms with E-state index in [9.17, 15) is 4.79 Å². The molecule has 20 heavy (non-hydrogen) atoms. The molecule has 0 aliphatic heterocycles. The van der Waals surface area contributed by atoms with Gasteiger partial charge in [0.15, 0.2) is 0 Å². The summed E-state index contributed by atoms with van der Waals surface area (Å²) in [5.41, 5.74) is 1.16. The van der Waals surface area contributed by atoms with Crippen LogP contribution in [-0.2, 0) is 17.1 Å². The molecule has 0 spiro atoms. The standard InChI is InChI=1S/C13H15ClN4OS/c1-18(6-12-15-9-16-17-12)13(19)8-20-7-10-2-4-11(14)5-3-10/h2-5,9H,6-8H2,1H3,(H,15,16,17). The van der Waals surface area contributed by atoms with Gasteiger partial charge in [-0.2, -0.15) is 5.10 Å². The summed E-state index contributed by atoms with van der Waals surface area (Å²) in [6.45, 7) is 0.445. The average Bonchev–Trinajstić information content (AvgIpc) is 2.93. The highest BCUT2D eigenvalue weighted by molar-refractivity contribution is 7.99. The maximum Gasteiger partial charge on any atom is 0.232 e. The van der Waals surface area contributed by atoms with Crippen LogP contribution < -0.4 is 0 Å². The lowest BCUT2D eigenvalue weighted by molar-refractivity contribution is -0.127. The highest BCUT2D eigenvalue weighted by Gasteiger charge is 2.10. The number of carbonyl (C=O) groups is 1. The van der Waals surface area contributed by atoms with Crippen LogP contribution in [0.4, 0.5) is 0 Å². The SMILES string of the molecule is CN(Cc1ncn[nH]1)C(=O)CSCc1ccc(Cl)cc1. The molecular weight excluding hydrogens is 296 g/mol. The molecule has 0 saturated heterocycles. The lowest BCUT2D eigenvalue weighted by atomic mass is 10.2. The molecule has 0 saturated carbocycles. The molecular formula is C13H15ClN4OS. The van der Waals surface area contributed by atoms with Crippen molar-refractivity contribution in [2.45, 2.75) is 12.3 Å². The zero-order valence-corrected chi connectivity index (χ0v) is 12.6. The Kier molecular flexibility index (Phi) is 5.43. The third-order valence-corrected chi connectivity index (χ3v) is 3.93. The number of halogens is 1. The monoisotopic (exact) mass is 310 g/mol. The number of hydrogen-bond donors (Lipinski definition) is 1. The van der Waals surface area contributed by atoms with Gasteiger partial charge in [-0.25, -0.2) is 4.98 Å². The number of nitrogens with one attached hydrogen (secondary N) is 1. The molecule has 1 aromatic carbocycles. The van der Waals surface area contributed by atoms with Gasteiger partial charge in [0.25, 0.3) is 0 Å². The van der Waals surface area contributed by atoms with Crippen LogP contribution in [0.1, 0.15) is 11.4 Å². The lowest BCUT2D eigenvalue weighted by Gasteiger charge is -2.15. The van der Waals surface area contributed by atoms with Gasteiger partial charge in [-0.3, -0.25) is 9.89 Å². The predicted octanol–water partition coefficient (Wildman–Crippen LogP) is 2.35. The Balaban J connectivity index is 1.73. The van der Waals surface area contributed by atoms with Gasteiger partial charge >= 0.3 is 0 Å². The van der Waals surface area contributed by atoms with Gasteiger partial charge in [0.2, 0.25) is 5.91 Å². The molecule has 0 aliphatic rings. The van der Waals surface area contributed by atoms with E-state index in [0.29, 0.717) is 18.1 Å². The van der Waals surface area contributed by atoms with E-state index in [4.69, 9.17) is 11.6 Å². The van der Waals surface area contributed by atoms with Crippen molar-refractivity contribution < 1.29 is 4.79 Å². The first kappa shape index (κ1) is 14.9. The summed E-state index contributed by atoms with van der Waals surface area (Å²) >= 11 is 7.40. The Morgan fingerprint density at radius 1 is 1.40 bits per heavy atom. The van der Waals surface area contributed by atoms with Gasteiger partial charge in [-0.15, -0.1) is 11.8 Å². The van der Waals surface area contributed by atoms with E-state index in [1.807, 2.05) is 24.3 Å². The molecule has 0 aliphatic carbocycles. The minimum atomic E-state index is 0.0698. The maximum absolute atomic E-state index is 11.9. The molecule has 0 atom stereocenters. The molecule has 1 N–H and O–H groups in total. The number of hydrogen-bond acceptors (Lipinski definition) is 4. The zero-order valence-electron chi connectivity index (χ0n) is 11.0. The fourth-order valence-corrected chi connectivity index (χ4v) is 2.62. The van der Waals surface area contributed by atoms with Gasteiger partial charge < -0.3 is 4.90 Å². The first-order valence-electron chi connectivity index (χ1n) is 6.05. The minimum absolute atomic E-state index is 0.0698. The van der Waals surface area contributed by atoms with Gasteiger partial charge in [0.05, 0.1) is 12.3 Å². The smallest absolute Gasteiger partial charge is 0.232 e. The molecule has 5 nitrogen and oxygen atoms in total. The van der Waals surface area contributed by atoms with Crippen LogP contribution in [0.25, 0.3) is 0 Å². The summed E-state index contributed by atoms with van der Waals surface area (Å²) in [6, 6.07) is 7.65. The number of thioether (sulfide) groups is 1. The zero-order chi connectivity index (χ0) is 14.4. The van der Waals surface area contributed by atoms with Crippen LogP contribution in [0.5, 0.6) is 0 Å². The first-order valence-corrected chi connectivity index (χ1v) is 7.59. The molecule has 1 heterocycles. The third kappa shape index (κ3) is 4.54. The van der Waals surface area contributed by atoms with Crippen molar-refractivity contribution in [2.75, 3.05) is 12.8 Å². The molecule has 2 aromatic rings. The Labute approximate surface area is 126 Å². The van der Waals surface area contributed by atoms with Gasteiger partial charge in [0.1, 0.15) is 12.2 Å². The van der Waals surface area contributed by atoms with E-state index < -0.39 is 0 Å². The molecule has 1 amide bonds. The predicted molar refractivity (Wildman–Crippen MR) is 80.5 cm³/mol. The summed E-state index contributed by atoms with van der Waals surface area (Å²) in [4.78, 5) is 17.6. The molecule has 7 heteroatoms. The summed E-state index contributed by atoms with van der Waals surface area (Å²) in [5.74, 6) is 1.98. The maximum atomic E-state index is 11.9. The van der Waals surface area contributed by atoms with Crippen LogP contribution >= 0.6 is 23.4 Å². The quantitative estimate of drug-likeness (QED) is 0.889. The molecule has 0 radical (unpaired) electrons. The van der Waals surface area contributed by atoms with Gasteiger partial charge in [-0.05, 0) is 17.7 Å². The van der Waals surface area contributed by atoms with Crippen molar-refractivity contribution >= 4 is 29.3 Å². The Morgan fingerprint density at radius 2 is 2.15 bits per heavy atom. The third-order valence-electron chi connectivity index (χ3n) is 2.69. The number of benzene rings is 1. The number of nitrogens with zero attached hydrogens (tertiary/aromatic N) is 3. The summed E-state index contributed by atoms with van der Waals surface area (Å²) < 4.78 is 0. The summed E-state index contributed by atoms with van der Waals surface area (Å²) in [7, 11) is 1.76. The second-order valence-corrected chi connectivity index (χ2v) is 5.72. The van der Waals surface area contributed by atoms with Crippen LogP contribution in [0.2, 0.25) is 5.02 Å². The minimum Gasteiger partial charge on any atom is -0.338 e. The molecule has 0 bridgehead atoms. The van der Waals surface area contributed by atoms with Gasteiger partial charge in [-0.1, -0.05) is 23.7 Å². The van der Waals surface area contributed by atoms with Crippen molar-refractivity contribution in [3.63, 3.8) is 0 Å². The van der Waals surface area contributed by atoms with Crippen molar-refractivity contribution in [3.05, 3.63) is 47.0 Å². The molecule has 106 valence electrons. The van der Waals surface area contributed by atoms with E-state index in [1.165, 1.54) is 6.33 Å². The largest absolute Gasteiger partial charge is 0.338 e. The lowest BCUT2D eigenvalue weighted by Crippen LogP contribution is -2.28. The van der Waals surface area contributed by atoms with Crippen LogP contribution in [0.15, 0.2) is 30.6 Å². The number of H-pyrrole nitrogens is 1. The van der Waals surface area contributed by atoms with Crippen LogP contribution in [0.3, 0.4) is 0 Å². The molecule has 1 aromatic heterocycles. The molecule has 0 fully saturated rings. The number of rotatable bonds is 6. The van der Waals surface area contributed by atoms with Crippen LogP contribution in [-0.4, -0.2) is 38.8 Å². The van der Waals surface area contributed by atoms with Crippen molar-refractivity contribution in [3.8, 4) is 0 Å². The average molecular weight is 311 g/mol. The fourth-order valence-electron chi connectivity index (χ4n) is 1.57. The van der Waals surface area contributed by atoms with Crippen molar-refractivity contribution in [1.82, 2.24) is 20.1 Å². The summed E-state index contributed by atoms with van der Waals surface area (Å²) in [6.07, 6.45) is 1.43. The summed E-state index contributed by atoms with van der Waals surface area (Å²) in [5, 5.41) is 7.21. The fraction of sp³-hybridized carbons (Fsp3) is 0.308. The van der Waals surface area contributed by atoms with E-state index >= 15 is 0 Å². The second-order valence-electron chi connectivity index (χ2n) is 4.30. The highest BCUT2D eigenvalue weighted by atomic mass is 35.5. The van der Waals surface area contributed by atoms with E-state index in [0.717, 1.165) is 16.3 Å². The Hall–Kier alpha value is -1.53. The molecule has 2 rings (SSSR count). The topological polar surface area (TPSA) is 61.9 Å².